The molecule has 2 N–H and O–H groups in total. The number of carboxylic acids is 1. The molecule has 0 bridgehead atoms. The molecule has 112 valence electrons. The Bertz CT molecular complexity index is 734. The predicted octanol–water partition coefficient (Wildman–Crippen LogP) is 0.985. The number of carboxylic acid groups (broad SMARTS) is 1. The molecule has 8 heteroatoms. The lowest BCUT2D eigenvalue weighted by molar-refractivity contribution is -0.139. The van der Waals surface area contributed by atoms with E-state index in [0.717, 1.165) is 0 Å². The number of rotatable bonds is 5. The third kappa shape index (κ3) is 3.27. The SMILES string of the molecule is CC(C)CC(NC(=O)c1cnc2sccn2c1=O)C(=O)O. The second-order valence-corrected chi connectivity index (χ2v) is 5.90. The first kappa shape index (κ1) is 15.2. The van der Waals surface area contributed by atoms with Gasteiger partial charge in [0.25, 0.3) is 11.5 Å². The maximum Gasteiger partial charge on any atom is 0.326 e. The van der Waals surface area contributed by atoms with Crippen LogP contribution in [0.4, 0.5) is 0 Å². The highest BCUT2D eigenvalue weighted by Crippen LogP contribution is 2.08. The van der Waals surface area contributed by atoms with Crippen LogP contribution < -0.4 is 10.9 Å². The van der Waals surface area contributed by atoms with Crippen molar-refractivity contribution in [3.05, 3.63) is 33.7 Å². The fourth-order valence-corrected chi connectivity index (χ4v) is 2.58. The summed E-state index contributed by atoms with van der Waals surface area (Å²) in [7, 11) is 0. The van der Waals surface area contributed by atoms with Gasteiger partial charge in [0.15, 0.2) is 4.96 Å². The van der Waals surface area contributed by atoms with Crippen molar-refractivity contribution < 1.29 is 14.7 Å². The number of aliphatic carboxylic acids is 1. The molecule has 0 aliphatic carbocycles. The Kier molecular flexibility index (Phi) is 4.37. The highest BCUT2D eigenvalue weighted by Gasteiger charge is 2.23. The lowest BCUT2D eigenvalue weighted by Gasteiger charge is -2.16. The first-order valence-corrected chi connectivity index (χ1v) is 7.26. The van der Waals surface area contributed by atoms with E-state index in [0.29, 0.717) is 4.96 Å². The molecule has 0 aromatic carbocycles. The summed E-state index contributed by atoms with van der Waals surface area (Å²) in [5.74, 6) is -1.74. The largest absolute Gasteiger partial charge is 0.480 e. The quantitative estimate of drug-likeness (QED) is 0.857. The van der Waals surface area contributed by atoms with E-state index in [1.54, 1.807) is 5.38 Å². The molecule has 0 saturated heterocycles. The highest BCUT2D eigenvalue weighted by atomic mass is 32.1. The van der Waals surface area contributed by atoms with Crippen molar-refractivity contribution in [2.24, 2.45) is 5.92 Å². The summed E-state index contributed by atoms with van der Waals surface area (Å²) in [5, 5.41) is 13.2. The van der Waals surface area contributed by atoms with Crippen molar-refractivity contribution in [2.45, 2.75) is 26.3 Å². The van der Waals surface area contributed by atoms with E-state index >= 15 is 0 Å². The van der Waals surface area contributed by atoms with Gasteiger partial charge in [0, 0.05) is 17.8 Å². The van der Waals surface area contributed by atoms with Gasteiger partial charge in [-0.1, -0.05) is 13.8 Å². The molecule has 1 atom stereocenters. The van der Waals surface area contributed by atoms with Crippen molar-refractivity contribution in [3.8, 4) is 0 Å². The number of fused-ring (bicyclic) bond motifs is 1. The predicted molar refractivity (Wildman–Crippen MR) is 77.7 cm³/mol. The highest BCUT2D eigenvalue weighted by molar-refractivity contribution is 7.15. The minimum absolute atomic E-state index is 0.102. The third-order valence-corrected chi connectivity index (χ3v) is 3.67. The van der Waals surface area contributed by atoms with Gasteiger partial charge in [-0.2, -0.15) is 0 Å². The van der Waals surface area contributed by atoms with E-state index in [1.165, 1.54) is 28.1 Å². The van der Waals surface area contributed by atoms with Crippen molar-refractivity contribution in [2.75, 3.05) is 0 Å². The molecule has 1 amide bonds. The van der Waals surface area contributed by atoms with Crippen LogP contribution in [0.3, 0.4) is 0 Å². The average molecular weight is 309 g/mol. The Morgan fingerprint density at radius 1 is 1.48 bits per heavy atom. The summed E-state index contributed by atoms with van der Waals surface area (Å²) in [5.41, 5.74) is -0.673. The molecule has 0 aliphatic rings. The summed E-state index contributed by atoms with van der Waals surface area (Å²) >= 11 is 1.28. The zero-order chi connectivity index (χ0) is 15.6. The van der Waals surface area contributed by atoms with Gasteiger partial charge in [0.1, 0.15) is 11.6 Å². The molecular weight excluding hydrogens is 294 g/mol. The van der Waals surface area contributed by atoms with E-state index < -0.39 is 23.5 Å². The molecule has 2 aromatic heterocycles. The number of hydrogen-bond acceptors (Lipinski definition) is 5. The Balaban J connectivity index is 2.27. The Hall–Kier alpha value is -2.22. The van der Waals surface area contributed by atoms with E-state index in [1.807, 2.05) is 13.8 Å². The smallest absolute Gasteiger partial charge is 0.326 e. The maximum atomic E-state index is 12.1. The number of carbonyl (C=O) groups excluding carboxylic acids is 1. The van der Waals surface area contributed by atoms with E-state index in [9.17, 15) is 14.4 Å². The summed E-state index contributed by atoms with van der Waals surface area (Å²) in [4.78, 5) is 39.9. The molecule has 0 saturated carbocycles. The number of hydrogen-bond donors (Lipinski definition) is 2. The minimum atomic E-state index is -1.12. The average Bonchev–Trinajstić information content (AvgIpc) is 2.86. The number of amides is 1. The first-order valence-electron chi connectivity index (χ1n) is 6.38. The fourth-order valence-electron chi connectivity index (χ4n) is 1.91. The van der Waals surface area contributed by atoms with Gasteiger partial charge in [0.05, 0.1) is 0 Å². The second-order valence-electron chi connectivity index (χ2n) is 5.03. The van der Waals surface area contributed by atoms with Crippen LogP contribution in [0.25, 0.3) is 4.96 Å². The molecular formula is C13H15N3O4S. The lowest BCUT2D eigenvalue weighted by atomic mass is 10.0. The second kappa shape index (κ2) is 6.04. The third-order valence-electron chi connectivity index (χ3n) is 2.90. The number of nitrogens with one attached hydrogen (secondary N) is 1. The molecule has 0 aliphatic heterocycles. The van der Waals surface area contributed by atoms with Gasteiger partial charge in [0.2, 0.25) is 0 Å². The zero-order valence-electron chi connectivity index (χ0n) is 11.6. The van der Waals surface area contributed by atoms with Crippen LogP contribution >= 0.6 is 11.3 Å². The van der Waals surface area contributed by atoms with Crippen LogP contribution in [-0.2, 0) is 4.79 Å². The van der Waals surface area contributed by atoms with Crippen LogP contribution in [0, 0.1) is 5.92 Å². The molecule has 0 spiro atoms. The van der Waals surface area contributed by atoms with Gasteiger partial charge in [-0.25, -0.2) is 9.78 Å². The number of aromatic nitrogens is 2. The van der Waals surface area contributed by atoms with Crippen LogP contribution in [-0.4, -0.2) is 32.4 Å². The summed E-state index contributed by atoms with van der Waals surface area (Å²) < 4.78 is 1.26. The Labute approximate surface area is 124 Å². The summed E-state index contributed by atoms with van der Waals surface area (Å²) in [6.07, 6.45) is 2.99. The molecule has 2 heterocycles. The van der Waals surface area contributed by atoms with Gasteiger partial charge in [-0.3, -0.25) is 14.0 Å². The fraction of sp³-hybridized carbons (Fsp3) is 0.385. The zero-order valence-corrected chi connectivity index (χ0v) is 12.4. The topological polar surface area (TPSA) is 101 Å². The number of thiazole rings is 1. The molecule has 2 rings (SSSR count). The Morgan fingerprint density at radius 3 is 2.81 bits per heavy atom. The molecule has 2 aromatic rings. The molecule has 0 radical (unpaired) electrons. The normalized spacial score (nSPS) is 12.5. The van der Waals surface area contributed by atoms with Crippen LogP contribution in [0.15, 0.2) is 22.6 Å². The molecule has 7 nitrogen and oxygen atoms in total. The van der Waals surface area contributed by atoms with E-state index in [-0.39, 0.29) is 17.9 Å². The van der Waals surface area contributed by atoms with Crippen molar-refractivity contribution in [3.63, 3.8) is 0 Å². The summed E-state index contributed by atoms with van der Waals surface area (Å²) in [6, 6.07) is -1.03. The van der Waals surface area contributed by atoms with Crippen LogP contribution in [0.2, 0.25) is 0 Å². The van der Waals surface area contributed by atoms with E-state index in [4.69, 9.17) is 5.11 Å². The molecule has 1 unspecified atom stereocenters. The summed E-state index contributed by atoms with van der Waals surface area (Å²) in [6.45, 7) is 3.71. The molecule has 0 fully saturated rings. The number of carbonyl (C=O) groups is 2. The van der Waals surface area contributed by atoms with Crippen molar-refractivity contribution in [1.29, 1.82) is 0 Å². The molecule has 21 heavy (non-hydrogen) atoms. The van der Waals surface area contributed by atoms with Crippen molar-refractivity contribution in [1.82, 2.24) is 14.7 Å². The minimum Gasteiger partial charge on any atom is -0.480 e. The Morgan fingerprint density at radius 2 is 2.19 bits per heavy atom. The van der Waals surface area contributed by atoms with Crippen LogP contribution in [0.5, 0.6) is 0 Å². The standard InChI is InChI=1S/C13H15N3O4S/c1-7(2)5-9(12(19)20)15-10(17)8-6-14-13-16(11(8)18)3-4-21-13/h3-4,6-7,9H,5H2,1-2H3,(H,15,17)(H,19,20). The van der Waals surface area contributed by atoms with Crippen LogP contribution in [0.1, 0.15) is 30.6 Å². The van der Waals surface area contributed by atoms with Gasteiger partial charge < -0.3 is 10.4 Å². The monoisotopic (exact) mass is 309 g/mol. The van der Waals surface area contributed by atoms with Gasteiger partial charge >= 0.3 is 5.97 Å². The number of nitrogens with zero attached hydrogens (tertiary/aromatic N) is 2. The lowest BCUT2D eigenvalue weighted by Crippen LogP contribution is -2.43. The van der Waals surface area contributed by atoms with Crippen molar-refractivity contribution >= 4 is 28.2 Å². The van der Waals surface area contributed by atoms with E-state index in [2.05, 4.69) is 10.3 Å². The van der Waals surface area contributed by atoms with Gasteiger partial charge in [-0.15, -0.1) is 11.3 Å². The maximum absolute atomic E-state index is 12.1. The van der Waals surface area contributed by atoms with Gasteiger partial charge in [-0.05, 0) is 12.3 Å². The first-order chi connectivity index (χ1) is 9.90.